The molecule has 0 unspecified atom stereocenters. The van der Waals surface area contributed by atoms with Gasteiger partial charge in [-0.15, -0.1) is 16.5 Å². The van der Waals surface area contributed by atoms with E-state index in [9.17, 15) is 0 Å². The van der Waals surface area contributed by atoms with Crippen LogP contribution in [0.4, 0.5) is 0 Å². The summed E-state index contributed by atoms with van der Waals surface area (Å²) in [5.74, 6) is 0. The van der Waals surface area contributed by atoms with E-state index in [0.29, 0.717) is 6.42 Å². The van der Waals surface area contributed by atoms with Crippen molar-refractivity contribution < 1.29 is 5.21 Å². The van der Waals surface area contributed by atoms with Crippen molar-refractivity contribution in [1.29, 1.82) is 0 Å². The fraction of sp³-hybridized carbons (Fsp3) is 0.200. The molecule has 0 aliphatic carbocycles. The van der Waals surface area contributed by atoms with E-state index in [0.717, 1.165) is 16.0 Å². The van der Waals surface area contributed by atoms with Crippen molar-refractivity contribution in [3.05, 3.63) is 28.2 Å². The molecule has 1 aromatic carbocycles. The van der Waals surface area contributed by atoms with Gasteiger partial charge in [-0.3, -0.25) is 0 Å². The predicted octanol–water partition coefficient (Wildman–Crippen LogP) is 3.28. The fourth-order valence-corrected chi connectivity index (χ4v) is 2.85. The van der Waals surface area contributed by atoms with E-state index in [2.05, 4.69) is 21.9 Å². The number of thiazole rings is 1. The molecule has 2 rings (SSSR count). The Hall–Kier alpha value is -1.20. The third kappa shape index (κ3) is 2.08. The topological polar surface area (TPSA) is 37.5 Å². The van der Waals surface area contributed by atoms with Crippen LogP contribution < -0.4 is 0 Å². The minimum Gasteiger partial charge on any atom is -0.411 e. The van der Waals surface area contributed by atoms with Gasteiger partial charge < -0.3 is 9.77 Å². The Morgan fingerprint density at radius 2 is 2.27 bits per heavy atom. The van der Waals surface area contributed by atoms with E-state index in [4.69, 9.17) is 17.4 Å². The summed E-state index contributed by atoms with van der Waals surface area (Å²) in [5.41, 5.74) is 1.15. The van der Waals surface area contributed by atoms with Crippen molar-refractivity contribution in [3.8, 4) is 0 Å². The second-order valence-corrected chi connectivity index (χ2v) is 4.75. The van der Waals surface area contributed by atoms with Crippen molar-refractivity contribution >= 4 is 40.0 Å². The Balaban J connectivity index is 2.41. The molecular weight excluding hydrogens is 228 g/mol. The van der Waals surface area contributed by atoms with Gasteiger partial charge in [-0.1, -0.05) is 12.1 Å². The quantitative estimate of drug-likeness (QED) is 0.385. The molecule has 0 spiro atoms. The monoisotopic (exact) mass is 238 g/mol. The lowest BCUT2D eigenvalue weighted by Gasteiger charge is -2.00. The lowest BCUT2D eigenvalue weighted by molar-refractivity contribution is 0.320. The zero-order chi connectivity index (χ0) is 10.7. The molecular formula is C10H10N2OS2. The average molecular weight is 238 g/mol. The number of nitrogens with zero attached hydrogens (tertiary/aromatic N) is 2. The maximum Gasteiger partial charge on any atom is 0.162 e. The first kappa shape index (κ1) is 10.3. The number of aromatic nitrogens is 1. The molecule has 1 aromatic heterocycles. The molecule has 0 saturated carbocycles. The van der Waals surface area contributed by atoms with Gasteiger partial charge in [0.1, 0.15) is 0 Å². The minimum absolute atomic E-state index is 0.686. The summed E-state index contributed by atoms with van der Waals surface area (Å²) >= 11 is 6.88. The van der Waals surface area contributed by atoms with Crippen molar-refractivity contribution in [2.45, 2.75) is 13.0 Å². The SMILES string of the molecule is O/N=C\CCn1c(=S)sc2ccccc21. The summed E-state index contributed by atoms with van der Waals surface area (Å²) in [6.45, 7) is 0.757. The van der Waals surface area contributed by atoms with Crippen molar-refractivity contribution in [2.24, 2.45) is 5.16 Å². The van der Waals surface area contributed by atoms with Gasteiger partial charge in [-0.2, -0.15) is 0 Å². The van der Waals surface area contributed by atoms with E-state index >= 15 is 0 Å². The van der Waals surface area contributed by atoms with Crippen molar-refractivity contribution in [3.63, 3.8) is 0 Å². The molecule has 3 nitrogen and oxygen atoms in total. The molecule has 0 bridgehead atoms. The highest BCUT2D eigenvalue weighted by atomic mass is 32.1. The Morgan fingerprint density at radius 1 is 1.47 bits per heavy atom. The zero-order valence-electron chi connectivity index (χ0n) is 7.96. The summed E-state index contributed by atoms with van der Waals surface area (Å²) < 4.78 is 4.13. The smallest absolute Gasteiger partial charge is 0.162 e. The van der Waals surface area contributed by atoms with Gasteiger partial charge in [0.2, 0.25) is 0 Å². The third-order valence-corrected chi connectivity index (χ3v) is 3.57. The predicted molar refractivity (Wildman–Crippen MR) is 65.5 cm³/mol. The standard InChI is InChI=1S/C10H10N2OS2/c13-11-6-3-7-12-8-4-1-2-5-9(8)15-10(12)14/h1-2,4-6,13H,3,7H2/b11-6-. The molecule has 1 N–H and O–H groups in total. The molecule has 0 aliphatic rings. The largest absolute Gasteiger partial charge is 0.411 e. The zero-order valence-corrected chi connectivity index (χ0v) is 9.59. The molecule has 0 radical (unpaired) electrons. The summed E-state index contributed by atoms with van der Waals surface area (Å²) in [6, 6.07) is 8.12. The molecule has 5 heteroatoms. The highest BCUT2D eigenvalue weighted by Gasteiger charge is 2.02. The molecule has 1 heterocycles. The van der Waals surface area contributed by atoms with Crippen molar-refractivity contribution in [2.75, 3.05) is 0 Å². The Labute approximate surface area is 96.3 Å². The van der Waals surface area contributed by atoms with Crippen LogP contribution in [0.25, 0.3) is 10.2 Å². The Bertz CT molecular complexity index is 542. The average Bonchev–Trinajstić information content (AvgIpc) is 2.56. The Kier molecular flexibility index (Phi) is 3.13. The summed E-state index contributed by atoms with van der Waals surface area (Å²) in [4.78, 5) is 0. The molecule has 0 aliphatic heterocycles. The molecule has 15 heavy (non-hydrogen) atoms. The van der Waals surface area contributed by atoms with Crippen LogP contribution in [0.15, 0.2) is 29.4 Å². The molecule has 78 valence electrons. The van der Waals surface area contributed by atoms with Gasteiger partial charge in [-0.25, -0.2) is 0 Å². The fourth-order valence-electron chi connectivity index (χ4n) is 1.47. The van der Waals surface area contributed by atoms with Crippen LogP contribution in [0.1, 0.15) is 6.42 Å². The number of fused-ring (bicyclic) bond motifs is 1. The van der Waals surface area contributed by atoms with Gasteiger partial charge in [-0.05, 0) is 24.4 Å². The number of rotatable bonds is 3. The van der Waals surface area contributed by atoms with Crippen LogP contribution in [-0.4, -0.2) is 16.0 Å². The van der Waals surface area contributed by atoms with Gasteiger partial charge in [0.05, 0.1) is 10.2 Å². The van der Waals surface area contributed by atoms with E-state index in [1.54, 1.807) is 11.3 Å². The van der Waals surface area contributed by atoms with E-state index < -0.39 is 0 Å². The number of para-hydroxylation sites is 1. The first-order chi connectivity index (χ1) is 7.33. The normalized spacial score (nSPS) is 11.5. The maximum atomic E-state index is 8.31. The highest BCUT2D eigenvalue weighted by molar-refractivity contribution is 7.73. The molecule has 0 atom stereocenters. The lowest BCUT2D eigenvalue weighted by Crippen LogP contribution is -1.97. The van der Waals surface area contributed by atoms with Gasteiger partial charge >= 0.3 is 0 Å². The highest BCUT2D eigenvalue weighted by Crippen LogP contribution is 2.22. The maximum absolute atomic E-state index is 8.31. The van der Waals surface area contributed by atoms with Gasteiger partial charge in [0.25, 0.3) is 0 Å². The number of benzene rings is 1. The van der Waals surface area contributed by atoms with Gasteiger partial charge in [0, 0.05) is 19.2 Å². The molecule has 2 aromatic rings. The summed E-state index contributed by atoms with van der Waals surface area (Å²) in [5, 5.41) is 11.3. The number of oxime groups is 1. The third-order valence-electron chi connectivity index (χ3n) is 2.14. The Morgan fingerprint density at radius 3 is 3.07 bits per heavy atom. The molecule has 0 amide bonds. The summed E-state index contributed by atoms with van der Waals surface area (Å²) in [7, 11) is 0. The molecule has 0 saturated heterocycles. The van der Waals surface area contributed by atoms with Crippen LogP contribution in [0.5, 0.6) is 0 Å². The van der Waals surface area contributed by atoms with Crippen LogP contribution in [0.3, 0.4) is 0 Å². The number of hydrogen-bond donors (Lipinski definition) is 1. The number of hydrogen-bond acceptors (Lipinski definition) is 4. The minimum atomic E-state index is 0.686. The van der Waals surface area contributed by atoms with Crippen molar-refractivity contribution in [1.82, 2.24) is 4.57 Å². The summed E-state index contributed by atoms with van der Waals surface area (Å²) in [6.07, 6.45) is 2.17. The van der Waals surface area contributed by atoms with Crippen LogP contribution >= 0.6 is 23.6 Å². The van der Waals surface area contributed by atoms with E-state index in [1.807, 2.05) is 12.1 Å². The second kappa shape index (κ2) is 4.55. The second-order valence-electron chi connectivity index (χ2n) is 3.07. The van der Waals surface area contributed by atoms with Crippen LogP contribution in [-0.2, 0) is 6.54 Å². The van der Waals surface area contributed by atoms with Crippen LogP contribution in [0, 0.1) is 3.95 Å². The lowest BCUT2D eigenvalue weighted by atomic mass is 10.3. The molecule has 0 fully saturated rings. The van der Waals surface area contributed by atoms with Gasteiger partial charge in [0.15, 0.2) is 3.95 Å². The first-order valence-corrected chi connectivity index (χ1v) is 5.79. The van der Waals surface area contributed by atoms with Crippen LogP contribution in [0.2, 0.25) is 0 Å². The first-order valence-electron chi connectivity index (χ1n) is 4.57. The van der Waals surface area contributed by atoms with E-state index in [1.165, 1.54) is 10.9 Å². The number of aryl methyl sites for hydroxylation is 1. The van der Waals surface area contributed by atoms with E-state index in [-0.39, 0.29) is 0 Å².